The molecule has 0 amide bonds. The average molecular weight is 436 g/mol. The number of carbonyl (C=O) groups is 4. The van der Waals surface area contributed by atoms with Crippen LogP contribution in [-0.4, -0.2) is 69.4 Å². The second-order valence-corrected chi connectivity index (χ2v) is 6.78. The van der Waals surface area contributed by atoms with Gasteiger partial charge in [0.1, 0.15) is 26.4 Å². The highest BCUT2D eigenvalue weighted by molar-refractivity contribution is 6.02. The fourth-order valence-electron chi connectivity index (χ4n) is 1.79. The summed E-state index contributed by atoms with van der Waals surface area (Å²) >= 11 is 0. The summed E-state index contributed by atoms with van der Waals surface area (Å²) in [6.45, 7) is 11.0. The molecule has 1 aromatic carbocycles. The third-order valence-electron chi connectivity index (χ3n) is 3.46. The maximum absolute atomic E-state index is 11.7. The van der Waals surface area contributed by atoms with E-state index in [1.54, 1.807) is 6.92 Å². The fraction of sp³-hybridized carbons (Fsp3) is 0.364. The van der Waals surface area contributed by atoms with Gasteiger partial charge in [-0.2, -0.15) is 0 Å². The molecule has 2 N–H and O–H groups in total. The lowest BCUT2D eigenvalue weighted by Crippen LogP contribution is -3.06. The Kier molecular flexibility index (Phi) is 12.9. The van der Waals surface area contributed by atoms with Crippen LogP contribution in [0.25, 0.3) is 0 Å². The maximum atomic E-state index is 11.7. The maximum Gasteiger partial charge on any atom is 0.339 e. The molecule has 1 rings (SSSR count). The van der Waals surface area contributed by atoms with Crippen LogP contribution in [0.15, 0.2) is 48.6 Å². The van der Waals surface area contributed by atoms with Gasteiger partial charge in [0, 0.05) is 11.1 Å². The van der Waals surface area contributed by atoms with E-state index in [2.05, 4.69) is 13.2 Å². The Labute approximate surface area is 181 Å². The van der Waals surface area contributed by atoms with Crippen molar-refractivity contribution in [2.75, 3.05) is 40.5 Å². The minimum absolute atomic E-state index is 0.0498. The summed E-state index contributed by atoms with van der Waals surface area (Å²) in [5.74, 6) is -2.88. The van der Waals surface area contributed by atoms with Crippen LogP contribution in [0.5, 0.6) is 0 Å². The van der Waals surface area contributed by atoms with E-state index >= 15 is 0 Å². The van der Waals surface area contributed by atoms with Crippen molar-refractivity contribution in [2.24, 2.45) is 0 Å². The lowest BCUT2D eigenvalue weighted by atomic mass is 10.1. The monoisotopic (exact) mass is 436 g/mol. The van der Waals surface area contributed by atoms with Gasteiger partial charge in [-0.15, -0.1) is 0 Å². The topological polar surface area (TPSA) is 121 Å². The zero-order valence-electron chi connectivity index (χ0n) is 18.4. The van der Waals surface area contributed by atoms with Gasteiger partial charge in [0.05, 0.1) is 25.2 Å². The molecule has 0 spiro atoms. The standard InChI is InChI=1S/C14H14O6.C8H15NO2/c1-9(2)13(17)19-7-8-20-14(18)11-6-4-3-5-10(11)12(15)16;1-7(2)8(10)11-6-5-9(3)4/h3-6H,1,7-8H2,2H3,(H,15,16);1,5-6H2,2-4H3/p+1. The molecule has 1 aromatic rings. The number of hydrogen-bond donors (Lipinski definition) is 2. The number of quaternary nitrogens is 1. The first kappa shape index (κ1) is 27.5. The van der Waals surface area contributed by atoms with Gasteiger partial charge in [0.2, 0.25) is 0 Å². The third-order valence-corrected chi connectivity index (χ3v) is 3.46. The summed E-state index contributed by atoms with van der Waals surface area (Å²) in [5.41, 5.74) is 0.508. The smallest absolute Gasteiger partial charge is 0.339 e. The van der Waals surface area contributed by atoms with Crippen molar-refractivity contribution >= 4 is 23.9 Å². The van der Waals surface area contributed by atoms with Crippen LogP contribution in [0.1, 0.15) is 34.6 Å². The molecule has 0 atom stereocenters. The number of nitrogens with one attached hydrogen (secondary N) is 1. The number of carboxylic acid groups (broad SMARTS) is 1. The predicted octanol–water partition coefficient (Wildman–Crippen LogP) is 0.911. The molecule has 0 aliphatic heterocycles. The number of esters is 3. The zero-order chi connectivity index (χ0) is 24.0. The van der Waals surface area contributed by atoms with Gasteiger partial charge >= 0.3 is 23.9 Å². The quantitative estimate of drug-likeness (QED) is 0.240. The first-order valence-electron chi connectivity index (χ1n) is 9.41. The number of likely N-dealkylation sites (N-methyl/N-ethyl adjacent to an activating group) is 1. The van der Waals surface area contributed by atoms with E-state index in [9.17, 15) is 19.2 Å². The number of ether oxygens (including phenoxy) is 3. The first-order valence-corrected chi connectivity index (χ1v) is 9.41. The van der Waals surface area contributed by atoms with Crippen molar-refractivity contribution in [2.45, 2.75) is 13.8 Å². The van der Waals surface area contributed by atoms with Gasteiger partial charge in [-0.1, -0.05) is 25.3 Å². The van der Waals surface area contributed by atoms with Gasteiger partial charge in [0.15, 0.2) is 0 Å². The van der Waals surface area contributed by atoms with Crippen LogP contribution in [-0.2, 0) is 23.8 Å². The minimum atomic E-state index is -1.22. The van der Waals surface area contributed by atoms with Crippen molar-refractivity contribution in [3.63, 3.8) is 0 Å². The Balaban J connectivity index is 0.000000695. The Hall–Kier alpha value is -3.46. The molecule has 0 aliphatic rings. The second-order valence-electron chi connectivity index (χ2n) is 6.78. The summed E-state index contributed by atoms with van der Waals surface area (Å²) in [6, 6.07) is 5.70. The van der Waals surface area contributed by atoms with E-state index in [1.807, 2.05) is 14.1 Å². The van der Waals surface area contributed by atoms with Crippen LogP contribution < -0.4 is 4.90 Å². The average Bonchev–Trinajstić information content (AvgIpc) is 2.70. The number of benzene rings is 1. The van der Waals surface area contributed by atoms with Crippen LogP contribution in [0.2, 0.25) is 0 Å². The van der Waals surface area contributed by atoms with Crippen molar-refractivity contribution < 1.29 is 43.4 Å². The Morgan fingerprint density at radius 1 is 0.839 bits per heavy atom. The summed E-state index contributed by atoms with van der Waals surface area (Å²) < 4.78 is 14.4. The Morgan fingerprint density at radius 2 is 1.29 bits per heavy atom. The molecule has 0 heterocycles. The summed E-state index contributed by atoms with van der Waals surface area (Å²) in [4.78, 5) is 45.8. The third kappa shape index (κ3) is 12.0. The van der Waals surface area contributed by atoms with E-state index in [0.717, 1.165) is 6.54 Å². The van der Waals surface area contributed by atoms with Gasteiger partial charge < -0.3 is 24.2 Å². The molecule has 0 fully saturated rings. The molecule has 170 valence electrons. The number of carbonyl (C=O) groups excluding carboxylic acids is 3. The second kappa shape index (κ2) is 14.5. The number of carboxylic acids is 1. The number of hydrogen-bond acceptors (Lipinski definition) is 7. The van der Waals surface area contributed by atoms with E-state index in [1.165, 1.54) is 36.1 Å². The van der Waals surface area contributed by atoms with Crippen LogP contribution in [0.3, 0.4) is 0 Å². The van der Waals surface area contributed by atoms with Crippen molar-refractivity contribution in [3.05, 3.63) is 59.7 Å². The molecule has 0 aromatic heterocycles. The molecule has 0 saturated carbocycles. The van der Waals surface area contributed by atoms with Crippen molar-refractivity contribution in [3.8, 4) is 0 Å². The molecule has 0 saturated heterocycles. The highest BCUT2D eigenvalue weighted by Gasteiger charge is 2.17. The van der Waals surface area contributed by atoms with E-state index < -0.39 is 17.9 Å². The van der Waals surface area contributed by atoms with Gasteiger partial charge in [-0.25, -0.2) is 19.2 Å². The van der Waals surface area contributed by atoms with Crippen LogP contribution >= 0.6 is 0 Å². The van der Waals surface area contributed by atoms with E-state index in [0.29, 0.717) is 12.2 Å². The highest BCUT2D eigenvalue weighted by Crippen LogP contribution is 2.10. The molecule has 9 nitrogen and oxygen atoms in total. The summed E-state index contributed by atoms with van der Waals surface area (Å²) in [5, 5.41) is 8.93. The Morgan fingerprint density at radius 3 is 1.74 bits per heavy atom. The summed E-state index contributed by atoms with van der Waals surface area (Å²) in [6.07, 6.45) is 0. The molecular weight excluding hydrogens is 406 g/mol. The van der Waals surface area contributed by atoms with E-state index in [4.69, 9.17) is 19.3 Å². The lowest BCUT2D eigenvalue weighted by Gasteiger charge is -2.07. The molecule has 0 radical (unpaired) electrons. The molecule has 0 aliphatic carbocycles. The minimum Gasteiger partial charge on any atom is -0.478 e. The molecule has 0 bridgehead atoms. The number of aromatic carboxylic acids is 1. The normalized spacial score (nSPS) is 9.71. The van der Waals surface area contributed by atoms with Crippen molar-refractivity contribution in [1.82, 2.24) is 0 Å². The predicted molar refractivity (Wildman–Crippen MR) is 113 cm³/mol. The lowest BCUT2D eigenvalue weighted by molar-refractivity contribution is -0.858. The fourth-order valence-corrected chi connectivity index (χ4v) is 1.79. The molecule has 31 heavy (non-hydrogen) atoms. The molecule has 9 heteroatoms. The zero-order valence-corrected chi connectivity index (χ0v) is 18.4. The van der Waals surface area contributed by atoms with Gasteiger partial charge in [-0.3, -0.25) is 0 Å². The SMILES string of the molecule is C=C(C)C(=O)OCCOC(=O)c1ccccc1C(=O)O.C=C(C)C(=O)OCC[NH+](C)C. The molecule has 0 unspecified atom stereocenters. The van der Waals surface area contributed by atoms with Gasteiger partial charge in [0.25, 0.3) is 0 Å². The van der Waals surface area contributed by atoms with E-state index in [-0.39, 0.29) is 35.9 Å². The van der Waals surface area contributed by atoms with Gasteiger partial charge in [-0.05, 0) is 26.0 Å². The molecular formula is C22H30NO8+. The van der Waals surface area contributed by atoms with Crippen LogP contribution in [0.4, 0.5) is 0 Å². The Bertz CT molecular complexity index is 813. The highest BCUT2D eigenvalue weighted by atomic mass is 16.6. The first-order chi connectivity index (χ1) is 14.5. The van der Waals surface area contributed by atoms with Crippen LogP contribution in [0, 0.1) is 0 Å². The van der Waals surface area contributed by atoms with Crippen molar-refractivity contribution in [1.29, 1.82) is 0 Å². The summed E-state index contributed by atoms with van der Waals surface area (Å²) in [7, 11) is 4.02. The largest absolute Gasteiger partial charge is 0.478 e. The number of rotatable bonds is 10.